The number of halogens is 3. The van der Waals surface area contributed by atoms with Gasteiger partial charge in [0, 0.05) is 68.3 Å². The van der Waals surface area contributed by atoms with Crippen LogP contribution in [0.1, 0.15) is 44.2 Å². The lowest BCUT2D eigenvalue weighted by Crippen LogP contribution is -2.45. The third-order valence-electron chi connectivity index (χ3n) is 8.15. The first-order valence-electron chi connectivity index (χ1n) is 14.9. The molecule has 0 radical (unpaired) electrons. The monoisotopic (exact) mass is 588 g/mol. The first-order chi connectivity index (χ1) is 20.7. The molecule has 2 aromatic heterocycles. The van der Waals surface area contributed by atoms with Gasteiger partial charge in [0.1, 0.15) is 0 Å². The second-order valence-electron chi connectivity index (χ2n) is 11.6. The molecule has 3 heterocycles. The van der Waals surface area contributed by atoms with Crippen molar-refractivity contribution in [2.75, 3.05) is 36.5 Å². The maximum absolute atomic E-state index is 13.1. The molecule has 43 heavy (non-hydrogen) atoms. The number of piperidine rings is 1. The zero-order valence-corrected chi connectivity index (χ0v) is 25.0. The Hall–Kier alpha value is -3.98. The first-order valence-corrected chi connectivity index (χ1v) is 14.9. The molecule has 0 N–H and O–H groups in total. The maximum Gasteiger partial charge on any atom is 0.416 e. The van der Waals surface area contributed by atoms with Crippen LogP contribution in [0.25, 0.3) is 11.3 Å². The zero-order chi connectivity index (χ0) is 30.4. The number of nitrogens with zero attached hydrogens (tertiary/aromatic N) is 6. The Morgan fingerprint density at radius 3 is 2.14 bits per heavy atom. The van der Waals surface area contributed by atoms with Crippen molar-refractivity contribution in [1.29, 1.82) is 0 Å². The van der Waals surface area contributed by atoms with Crippen molar-refractivity contribution in [3.63, 3.8) is 0 Å². The number of aromatic nitrogens is 3. The molecule has 5 rings (SSSR count). The molecule has 0 atom stereocenters. The van der Waals surface area contributed by atoms with Gasteiger partial charge < -0.3 is 14.7 Å². The van der Waals surface area contributed by atoms with Gasteiger partial charge in [-0.2, -0.15) is 13.2 Å². The van der Waals surface area contributed by atoms with Gasteiger partial charge in [0.15, 0.2) is 0 Å². The fourth-order valence-corrected chi connectivity index (χ4v) is 5.47. The molecule has 0 amide bonds. The number of anilines is 3. The number of pyridine rings is 1. The lowest BCUT2D eigenvalue weighted by Gasteiger charge is -2.39. The average Bonchev–Trinajstić information content (AvgIpc) is 3.03. The van der Waals surface area contributed by atoms with E-state index in [1.807, 2.05) is 19.2 Å². The lowest BCUT2D eigenvalue weighted by molar-refractivity contribution is -0.137. The van der Waals surface area contributed by atoms with E-state index in [1.165, 1.54) is 18.6 Å². The number of rotatable bonds is 10. The maximum atomic E-state index is 13.1. The van der Waals surface area contributed by atoms with Crippen molar-refractivity contribution in [2.45, 2.75) is 51.9 Å². The van der Waals surface area contributed by atoms with Gasteiger partial charge in [0.2, 0.25) is 5.95 Å². The zero-order valence-electron chi connectivity index (χ0n) is 25.0. The van der Waals surface area contributed by atoms with E-state index in [0.29, 0.717) is 29.7 Å². The molecular formula is C34H39F3N6. The lowest BCUT2D eigenvalue weighted by atomic mass is 10.0. The number of likely N-dealkylation sites (tertiary alicyclic amines) is 1. The minimum absolute atomic E-state index is 0.248. The van der Waals surface area contributed by atoms with Crippen LogP contribution < -0.4 is 9.80 Å². The third kappa shape index (κ3) is 7.90. The minimum Gasteiger partial charge on any atom is -0.345 e. The highest BCUT2D eigenvalue weighted by atomic mass is 19.4. The van der Waals surface area contributed by atoms with Gasteiger partial charge in [0.05, 0.1) is 11.3 Å². The molecule has 1 fully saturated rings. The Morgan fingerprint density at radius 2 is 1.51 bits per heavy atom. The molecule has 1 aliphatic rings. The van der Waals surface area contributed by atoms with Gasteiger partial charge in [-0.25, -0.2) is 9.97 Å². The van der Waals surface area contributed by atoms with Crippen molar-refractivity contribution in [3.8, 4) is 11.3 Å². The summed E-state index contributed by atoms with van der Waals surface area (Å²) in [5.41, 5.74) is 3.82. The van der Waals surface area contributed by atoms with Crippen LogP contribution in [-0.2, 0) is 12.7 Å². The molecular weight excluding hydrogens is 549 g/mol. The molecule has 0 bridgehead atoms. The Morgan fingerprint density at radius 1 is 0.860 bits per heavy atom. The van der Waals surface area contributed by atoms with E-state index >= 15 is 0 Å². The molecule has 226 valence electrons. The molecule has 0 saturated carbocycles. The largest absolute Gasteiger partial charge is 0.416 e. The second kappa shape index (κ2) is 13.5. The quantitative estimate of drug-likeness (QED) is 0.188. The van der Waals surface area contributed by atoms with Crippen LogP contribution in [0.5, 0.6) is 0 Å². The summed E-state index contributed by atoms with van der Waals surface area (Å²) < 4.78 is 39.4. The molecule has 2 aromatic carbocycles. The third-order valence-corrected chi connectivity index (χ3v) is 8.15. The van der Waals surface area contributed by atoms with Crippen LogP contribution in [-0.4, -0.2) is 52.6 Å². The number of hydrogen-bond donors (Lipinski definition) is 0. The summed E-state index contributed by atoms with van der Waals surface area (Å²) in [4.78, 5) is 20.6. The van der Waals surface area contributed by atoms with E-state index < -0.39 is 11.7 Å². The van der Waals surface area contributed by atoms with E-state index in [-0.39, 0.29) is 6.04 Å². The molecule has 1 aliphatic heterocycles. The van der Waals surface area contributed by atoms with Crippen molar-refractivity contribution < 1.29 is 13.2 Å². The van der Waals surface area contributed by atoms with Crippen molar-refractivity contribution >= 4 is 17.3 Å². The smallest absolute Gasteiger partial charge is 0.345 e. The van der Waals surface area contributed by atoms with Gasteiger partial charge >= 0.3 is 6.18 Å². The van der Waals surface area contributed by atoms with Gasteiger partial charge in [-0.05, 0) is 79.8 Å². The summed E-state index contributed by atoms with van der Waals surface area (Å²) >= 11 is 0. The highest BCUT2D eigenvalue weighted by Crippen LogP contribution is 2.32. The van der Waals surface area contributed by atoms with Crippen LogP contribution in [0, 0.1) is 5.92 Å². The molecule has 6 nitrogen and oxygen atoms in total. The number of benzene rings is 2. The average molecular weight is 589 g/mol. The molecule has 0 unspecified atom stereocenters. The summed E-state index contributed by atoms with van der Waals surface area (Å²) in [5.74, 6) is 1.27. The van der Waals surface area contributed by atoms with Gasteiger partial charge in [-0.3, -0.25) is 4.98 Å². The summed E-state index contributed by atoms with van der Waals surface area (Å²) in [6.07, 6.45) is 4.07. The van der Waals surface area contributed by atoms with Crippen LogP contribution in [0.2, 0.25) is 0 Å². The Balaban J connectivity index is 1.38. The van der Waals surface area contributed by atoms with Crippen LogP contribution in [0.4, 0.5) is 30.5 Å². The van der Waals surface area contributed by atoms with Gasteiger partial charge in [-0.15, -0.1) is 0 Å². The van der Waals surface area contributed by atoms with E-state index in [0.717, 1.165) is 61.5 Å². The Bertz CT molecular complexity index is 1430. The van der Waals surface area contributed by atoms with Crippen LogP contribution in [0.15, 0.2) is 85.3 Å². The standard InChI is InChI=1S/C34H39F3N6/c1-25(2)15-21-42-22-16-31(17-23-42)43(24-26-4-10-29(11-5-26)41(3)30-12-18-38-19-13-30)33-39-20-14-32(40-33)27-6-8-28(9-7-27)34(35,36)37/h4-14,18-20,25,31H,15-17,21-24H2,1-3H3. The Labute approximate surface area is 252 Å². The second-order valence-corrected chi connectivity index (χ2v) is 11.6. The van der Waals surface area contributed by atoms with Crippen LogP contribution in [0.3, 0.4) is 0 Å². The number of hydrogen-bond acceptors (Lipinski definition) is 6. The fraction of sp³-hybridized carbons (Fsp3) is 0.382. The predicted molar refractivity (Wildman–Crippen MR) is 166 cm³/mol. The van der Waals surface area contributed by atoms with Gasteiger partial charge in [-0.1, -0.05) is 38.1 Å². The summed E-state index contributed by atoms with van der Waals surface area (Å²) in [6, 6.07) is 19.6. The van der Waals surface area contributed by atoms with E-state index in [9.17, 15) is 13.2 Å². The van der Waals surface area contributed by atoms with Gasteiger partial charge in [0.25, 0.3) is 0 Å². The summed E-state index contributed by atoms with van der Waals surface area (Å²) in [7, 11) is 2.03. The topological polar surface area (TPSA) is 48.4 Å². The molecule has 9 heteroatoms. The number of alkyl halides is 3. The predicted octanol–water partition coefficient (Wildman–Crippen LogP) is 7.84. The first kappa shape index (κ1) is 30.5. The Kier molecular flexibility index (Phi) is 9.60. The van der Waals surface area contributed by atoms with Crippen molar-refractivity contribution in [2.24, 2.45) is 5.92 Å². The van der Waals surface area contributed by atoms with Crippen LogP contribution >= 0.6 is 0 Å². The summed E-state index contributed by atoms with van der Waals surface area (Å²) in [5, 5.41) is 0. The highest BCUT2D eigenvalue weighted by molar-refractivity contribution is 5.63. The van der Waals surface area contributed by atoms with Crippen molar-refractivity contribution in [3.05, 3.63) is 96.4 Å². The normalized spacial score (nSPS) is 14.7. The SMILES string of the molecule is CC(C)CCN1CCC(N(Cc2ccc(N(C)c3ccncc3)cc2)c2nccc(-c3ccc(C(F)(F)F)cc3)n2)CC1. The summed E-state index contributed by atoms with van der Waals surface area (Å²) in [6.45, 7) is 8.29. The molecule has 0 aliphatic carbocycles. The van der Waals surface area contributed by atoms with E-state index in [2.05, 4.69) is 62.8 Å². The van der Waals surface area contributed by atoms with E-state index in [4.69, 9.17) is 4.98 Å². The van der Waals surface area contributed by atoms with E-state index in [1.54, 1.807) is 24.7 Å². The molecule has 4 aromatic rings. The minimum atomic E-state index is -4.38. The molecule has 0 spiro atoms. The highest BCUT2D eigenvalue weighted by Gasteiger charge is 2.30. The molecule has 1 saturated heterocycles. The van der Waals surface area contributed by atoms with Crippen molar-refractivity contribution in [1.82, 2.24) is 19.9 Å². The fourth-order valence-electron chi connectivity index (χ4n) is 5.47.